The Balaban J connectivity index is 2.06. The zero-order valence-corrected chi connectivity index (χ0v) is 13.0. The molecule has 0 aliphatic rings. The van der Waals surface area contributed by atoms with Crippen LogP contribution in [-0.4, -0.2) is 33.7 Å². The minimum absolute atomic E-state index is 0.0232. The van der Waals surface area contributed by atoms with Crippen molar-refractivity contribution < 1.29 is 27.5 Å². The van der Waals surface area contributed by atoms with Crippen molar-refractivity contribution in [2.75, 3.05) is 6.54 Å². The predicted molar refractivity (Wildman–Crippen MR) is 77.1 cm³/mol. The molecule has 0 aliphatic heterocycles. The van der Waals surface area contributed by atoms with Crippen LogP contribution in [0, 0.1) is 13.8 Å². The van der Waals surface area contributed by atoms with Crippen molar-refractivity contribution in [2.45, 2.75) is 32.0 Å². The molecule has 0 aliphatic carbocycles. The zero-order valence-electron chi connectivity index (χ0n) is 13.0. The van der Waals surface area contributed by atoms with Gasteiger partial charge in [0.15, 0.2) is 0 Å². The van der Waals surface area contributed by atoms with E-state index in [0.717, 1.165) is 6.07 Å². The Labute approximate surface area is 135 Å². The van der Waals surface area contributed by atoms with E-state index in [4.69, 9.17) is 4.42 Å². The van der Waals surface area contributed by atoms with Gasteiger partial charge in [-0.05, 0) is 26.0 Å². The molecule has 130 valence electrons. The molecule has 0 bridgehead atoms. The number of nitrogens with one attached hydrogen (secondary N) is 1. The van der Waals surface area contributed by atoms with Crippen molar-refractivity contribution in [2.24, 2.45) is 0 Å². The third kappa shape index (κ3) is 3.73. The van der Waals surface area contributed by atoms with Gasteiger partial charge in [0, 0.05) is 19.2 Å². The number of aliphatic hydroxyl groups is 1. The number of furan rings is 1. The smallest absolute Gasteiger partial charge is 0.424 e. The number of carbonyl (C=O) groups excluding carboxylic acids is 1. The molecule has 0 saturated carbocycles. The lowest BCUT2D eigenvalue weighted by Crippen LogP contribution is -2.44. The number of hydrogen-bond donors (Lipinski definition) is 2. The standard InChI is InChI=1S/C15H16F3N3O3/c1-9-7-21-11(8-20-9)13(22)19-6-5-14(23,15(16,17)18)12-4-3-10(2)24-12/h3-4,7-8,23H,5-6H2,1-2H3,(H,19,22)/t14-/m1/s1. The molecule has 2 rings (SSSR count). The van der Waals surface area contributed by atoms with Crippen molar-refractivity contribution in [1.82, 2.24) is 15.3 Å². The minimum Gasteiger partial charge on any atom is -0.463 e. The Bertz CT molecular complexity index is 713. The Morgan fingerprint density at radius 3 is 2.46 bits per heavy atom. The average Bonchev–Trinajstić information content (AvgIpc) is 2.93. The van der Waals surface area contributed by atoms with E-state index in [2.05, 4.69) is 15.3 Å². The summed E-state index contributed by atoms with van der Waals surface area (Å²) in [4.78, 5) is 19.5. The summed E-state index contributed by atoms with van der Waals surface area (Å²) in [5.74, 6) is -1.05. The summed E-state index contributed by atoms with van der Waals surface area (Å²) in [6.07, 6.45) is -3.16. The summed E-state index contributed by atoms with van der Waals surface area (Å²) in [6.45, 7) is 2.73. The first-order valence-electron chi connectivity index (χ1n) is 7.06. The number of halogens is 3. The van der Waals surface area contributed by atoms with Crippen LogP contribution in [0.2, 0.25) is 0 Å². The highest BCUT2D eigenvalue weighted by molar-refractivity contribution is 5.91. The van der Waals surface area contributed by atoms with Crippen molar-refractivity contribution in [3.8, 4) is 0 Å². The molecule has 0 aromatic carbocycles. The lowest BCUT2D eigenvalue weighted by molar-refractivity contribution is -0.274. The monoisotopic (exact) mass is 343 g/mol. The maximum Gasteiger partial charge on any atom is 0.424 e. The average molecular weight is 343 g/mol. The number of rotatable bonds is 5. The van der Waals surface area contributed by atoms with E-state index < -0.39 is 36.4 Å². The largest absolute Gasteiger partial charge is 0.463 e. The molecule has 2 N–H and O–H groups in total. The van der Waals surface area contributed by atoms with E-state index in [9.17, 15) is 23.1 Å². The highest BCUT2D eigenvalue weighted by atomic mass is 19.4. The second-order valence-corrected chi connectivity index (χ2v) is 5.32. The normalized spacial score (nSPS) is 14.2. The number of aromatic nitrogens is 2. The summed E-state index contributed by atoms with van der Waals surface area (Å²) in [5.41, 5.74) is -2.61. The van der Waals surface area contributed by atoms with E-state index in [1.54, 1.807) is 6.92 Å². The van der Waals surface area contributed by atoms with Crippen LogP contribution in [-0.2, 0) is 5.60 Å². The molecule has 0 radical (unpaired) electrons. The van der Waals surface area contributed by atoms with E-state index in [1.165, 1.54) is 25.4 Å². The van der Waals surface area contributed by atoms with Gasteiger partial charge in [-0.25, -0.2) is 4.98 Å². The summed E-state index contributed by atoms with van der Waals surface area (Å²) in [7, 11) is 0. The highest BCUT2D eigenvalue weighted by Gasteiger charge is 2.56. The molecular formula is C15H16F3N3O3. The van der Waals surface area contributed by atoms with Gasteiger partial charge in [-0.1, -0.05) is 0 Å². The van der Waals surface area contributed by atoms with Crippen LogP contribution in [0.4, 0.5) is 13.2 Å². The van der Waals surface area contributed by atoms with E-state index in [0.29, 0.717) is 5.69 Å². The summed E-state index contributed by atoms with van der Waals surface area (Å²) in [5, 5.41) is 12.3. The van der Waals surface area contributed by atoms with E-state index in [-0.39, 0.29) is 11.5 Å². The number of amides is 1. The first-order valence-corrected chi connectivity index (χ1v) is 7.06. The molecule has 24 heavy (non-hydrogen) atoms. The van der Waals surface area contributed by atoms with Crippen LogP contribution < -0.4 is 5.32 Å². The molecule has 0 unspecified atom stereocenters. The van der Waals surface area contributed by atoms with Crippen LogP contribution >= 0.6 is 0 Å². The van der Waals surface area contributed by atoms with Gasteiger partial charge in [-0.15, -0.1) is 0 Å². The maximum absolute atomic E-state index is 13.2. The fourth-order valence-corrected chi connectivity index (χ4v) is 2.02. The SMILES string of the molecule is Cc1cnc(C(=O)NCC[C@@](O)(c2ccc(C)o2)C(F)(F)F)cn1. The molecule has 1 atom stereocenters. The summed E-state index contributed by atoms with van der Waals surface area (Å²) >= 11 is 0. The number of alkyl halides is 3. The molecule has 0 fully saturated rings. The Morgan fingerprint density at radius 2 is 1.96 bits per heavy atom. The molecule has 2 heterocycles. The first-order chi connectivity index (χ1) is 11.1. The number of carbonyl (C=O) groups is 1. The molecule has 2 aromatic heterocycles. The van der Waals surface area contributed by atoms with Gasteiger partial charge >= 0.3 is 6.18 Å². The quantitative estimate of drug-likeness (QED) is 0.869. The fourth-order valence-electron chi connectivity index (χ4n) is 2.02. The van der Waals surface area contributed by atoms with Gasteiger partial charge in [-0.3, -0.25) is 9.78 Å². The summed E-state index contributed by atoms with van der Waals surface area (Å²) in [6, 6.07) is 2.39. The number of hydrogen-bond acceptors (Lipinski definition) is 5. The first kappa shape index (κ1) is 17.9. The topological polar surface area (TPSA) is 88.2 Å². The lowest BCUT2D eigenvalue weighted by atomic mass is 9.95. The highest BCUT2D eigenvalue weighted by Crippen LogP contribution is 2.41. The molecule has 0 spiro atoms. The second-order valence-electron chi connectivity index (χ2n) is 5.32. The second kappa shape index (κ2) is 6.60. The lowest BCUT2D eigenvalue weighted by Gasteiger charge is -2.28. The Morgan fingerprint density at radius 1 is 1.25 bits per heavy atom. The molecule has 6 nitrogen and oxygen atoms in total. The molecule has 2 aromatic rings. The molecule has 9 heteroatoms. The third-order valence-corrected chi connectivity index (χ3v) is 3.40. The van der Waals surface area contributed by atoms with Crippen molar-refractivity contribution in [3.63, 3.8) is 0 Å². The van der Waals surface area contributed by atoms with Crippen LogP contribution in [0.25, 0.3) is 0 Å². The fraction of sp³-hybridized carbons (Fsp3) is 0.400. The van der Waals surface area contributed by atoms with Gasteiger partial charge in [0.1, 0.15) is 17.2 Å². The van der Waals surface area contributed by atoms with Gasteiger partial charge in [0.25, 0.3) is 5.91 Å². The van der Waals surface area contributed by atoms with E-state index in [1.807, 2.05) is 0 Å². The van der Waals surface area contributed by atoms with Gasteiger partial charge in [0.05, 0.1) is 11.9 Å². The number of aryl methyl sites for hydroxylation is 2. The molecular weight excluding hydrogens is 327 g/mol. The van der Waals surface area contributed by atoms with Gasteiger partial charge in [0.2, 0.25) is 5.60 Å². The minimum atomic E-state index is -4.95. The zero-order chi connectivity index (χ0) is 18.0. The molecule has 1 amide bonds. The Hall–Kier alpha value is -2.42. The van der Waals surface area contributed by atoms with Crippen molar-refractivity contribution in [3.05, 3.63) is 47.4 Å². The molecule has 0 saturated heterocycles. The Kier molecular flexibility index (Phi) is 4.93. The van der Waals surface area contributed by atoms with Crippen LogP contribution in [0.3, 0.4) is 0 Å². The maximum atomic E-state index is 13.2. The third-order valence-electron chi connectivity index (χ3n) is 3.40. The van der Waals surface area contributed by atoms with Crippen LogP contribution in [0.5, 0.6) is 0 Å². The summed E-state index contributed by atoms with van der Waals surface area (Å²) < 4.78 is 44.7. The number of nitrogens with zero attached hydrogens (tertiary/aromatic N) is 2. The van der Waals surface area contributed by atoms with E-state index >= 15 is 0 Å². The van der Waals surface area contributed by atoms with Crippen LogP contribution in [0.15, 0.2) is 28.9 Å². The predicted octanol–water partition coefficient (Wildman–Crippen LogP) is 2.26. The van der Waals surface area contributed by atoms with Gasteiger partial charge in [-0.2, -0.15) is 13.2 Å². The van der Waals surface area contributed by atoms with Crippen LogP contribution in [0.1, 0.15) is 34.1 Å². The van der Waals surface area contributed by atoms with Crippen molar-refractivity contribution in [1.29, 1.82) is 0 Å². The van der Waals surface area contributed by atoms with Gasteiger partial charge < -0.3 is 14.8 Å². The van der Waals surface area contributed by atoms with Crippen molar-refractivity contribution >= 4 is 5.91 Å².